The van der Waals surface area contributed by atoms with E-state index in [1.807, 2.05) is 24.3 Å². The monoisotopic (exact) mass is 337 g/mol. The second-order valence-electron chi connectivity index (χ2n) is 4.70. The molecule has 1 aliphatic carbocycles. The molecule has 0 amide bonds. The van der Waals surface area contributed by atoms with E-state index >= 15 is 0 Å². The first-order valence-electron chi connectivity index (χ1n) is 6.17. The van der Waals surface area contributed by atoms with Crippen molar-refractivity contribution in [2.24, 2.45) is 0 Å². The van der Waals surface area contributed by atoms with Gasteiger partial charge >= 0.3 is 0 Å². The second kappa shape index (κ2) is 5.06. The number of nitrogens with one attached hydrogen (secondary N) is 1. The summed E-state index contributed by atoms with van der Waals surface area (Å²) in [6, 6.07) is 11.7. The molecule has 0 aliphatic heterocycles. The van der Waals surface area contributed by atoms with Gasteiger partial charge in [-0.2, -0.15) is 0 Å². The summed E-state index contributed by atoms with van der Waals surface area (Å²) in [6.07, 6.45) is 1.86. The molecule has 2 aromatic rings. The van der Waals surface area contributed by atoms with Crippen molar-refractivity contribution in [3.05, 3.63) is 57.0 Å². The van der Waals surface area contributed by atoms with Crippen molar-refractivity contribution in [2.45, 2.75) is 18.9 Å². The van der Waals surface area contributed by atoms with E-state index in [0.717, 1.165) is 34.1 Å². The van der Waals surface area contributed by atoms with Gasteiger partial charge in [-0.15, -0.1) is 0 Å². The Kier molecular flexibility index (Phi) is 3.42. The third-order valence-electron chi connectivity index (χ3n) is 3.50. The molecule has 0 bridgehead atoms. The Morgan fingerprint density at radius 2 is 2.11 bits per heavy atom. The van der Waals surface area contributed by atoms with Crippen molar-refractivity contribution in [3.8, 4) is 5.75 Å². The second-order valence-corrected chi connectivity index (χ2v) is 6.03. The van der Waals surface area contributed by atoms with Gasteiger partial charge in [-0.25, -0.2) is 0 Å². The first-order valence-corrected chi connectivity index (χ1v) is 7.34. The molecule has 0 saturated heterocycles. The summed E-state index contributed by atoms with van der Waals surface area (Å²) in [4.78, 5) is 0. The number of fused-ring (bicyclic) bond motifs is 1. The number of phenols is 1. The van der Waals surface area contributed by atoms with Gasteiger partial charge in [0.1, 0.15) is 5.75 Å². The molecule has 0 heterocycles. The summed E-state index contributed by atoms with van der Waals surface area (Å²) in [5.41, 5.74) is 3.12. The van der Waals surface area contributed by atoms with Gasteiger partial charge in [0, 0.05) is 4.47 Å². The van der Waals surface area contributed by atoms with Crippen LogP contribution in [0.5, 0.6) is 5.75 Å². The number of halogens is 2. The van der Waals surface area contributed by atoms with Gasteiger partial charge in [-0.1, -0.05) is 39.7 Å². The Balaban J connectivity index is 1.91. The molecule has 1 aliphatic rings. The van der Waals surface area contributed by atoms with E-state index in [4.69, 9.17) is 11.6 Å². The lowest BCUT2D eigenvalue weighted by atomic mass is 10.1. The van der Waals surface area contributed by atoms with Crippen molar-refractivity contribution in [1.29, 1.82) is 0 Å². The van der Waals surface area contributed by atoms with Crippen LogP contribution in [0, 0.1) is 0 Å². The summed E-state index contributed by atoms with van der Waals surface area (Å²) < 4.78 is 0.994. The highest BCUT2D eigenvalue weighted by Gasteiger charge is 2.24. The van der Waals surface area contributed by atoms with Gasteiger partial charge in [0.25, 0.3) is 0 Å². The van der Waals surface area contributed by atoms with Crippen molar-refractivity contribution >= 4 is 33.2 Å². The Bertz CT molecular complexity index is 630. The number of benzene rings is 2. The van der Waals surface area contributed by atoms with Crippen molar-refractivity contribution < 1.29 is 5.11 Å². The predicted molar refractivity (Wildman–Crippen MR) is 81.9 cm³/mol. The Morgan fingerprint density at radius 3 is 2.95 bits per heavy atom. The third-order valence-corrected chi connectivity index (χ3v) is 4.33. The van der Waals surface area contributed by atoms with Crippen molar-refractivity contribution in [3.63, 3.8) is 0 Å². The van der Waals surface area contributed by atoms with Gasteiger partial charge in [0.2, 0.25) is 0 Å². The Hall–Kier alpha value is -1.19. The molecule has 1 atom stereocenters. The molecule has 2 nitrogen and oxygen atoms in total. The zero-order valence-corrected chi connectivity index (χ0v) is 12.5. The number of rotatable bonds is 2. The summed E-state index contributed by atoms with van der Waals surface area (Å²) in [7, 11) is 0. The summed E-state index contributed by atoms with van der Waals surface area (Å²) >= 11 is 9.65. The zero-order valence-electron chi connectivity index (χ0n) is 10.2. The van der Waals surface area contributed by atoms with Crippen LogP contribution in [0.25, 0.3) is 0 Å². The molecule has 0 spiro atoms. The first-order chi connectivity index (χ1) is 9.15. The van der Waals surface area contributed by atoms with Gasteiger partial charge in [-0.05, 0) is 48.2 Å². The van der Waals surface area contributed by atoms with E-state index < -0.39 is 0 Å². The van der Waals surface area contributed by atoms with E-state index in [1.54, 1.807) is 6.07 Å². The quantitative estimate of drug-likeness (QED) is 0.815. The van der Waals surface area contributed by atoms with E-state index in [9.17, 15) is 5.11 Å². The molecule has 0 radical (unpaired) electrons. The SMILES string of the molecule is Oc1cccc2c1CCC2Nc1cc(Br)ccc1Cl. The molecule has 0 fully saturated rings. The number of phenolic OH excluding ortho intramolecular Hbond substituents is 1. The maximum atomic E-state index is 9.85. The highest BCUT2D eigenvalue weighted by atomic mass is 79.9. The predicted octanol–water partition coefficient (Wildman–Crippen LogP) is 4.91. The third kappa shape index (κ3) is 2.45. The van der Waals surface area contributed by atoms with Gasteiger partial charge in [0.15, 0.2) is 0 Å². The molecule has 3 rings (SSSR count). The largest absolute Gasteiger partial charge is 0.508 e. The zero-order chi connectivity index (χ0) is 13.4. The van der Waals surface area contributed by atoms with Crippen LogP contribution in [0.4, 0.5) is 5.69 Å². The van der Waals surface area contributed by atoms with Crippen LogP contribution in [0.1, 0.15) is 23.6 Å². The minimum atomic E-state index is 0.203. The molecule has 2 N–H and O–H groups in total. The van der Waals surface area contributed by atoms with Crippen LogP contribution in [-0.2, 0) is 6.42 Å². The van der Waals surface area contributed by atoms with Crippen LogP contribution >= 0.6 is 27.5 Å². The Labute approximate surface area is 125 Å². The van der Waals surface area contributed by atoms with E-state index in [0.29, 0.717) is 10.8 Å². The maximum absolute atomic E-state index is 9.85. The van der Waals surface area contributed by atoms with E-state index in [-0.39, 0.29) is 6.04 Å². The highest BCUT2D eigenvalue weighted by molar-refractivity contribution is 9.10. The average Bonchev–Trinajstić information content (AvgIpc) is 2.79. The molecule has 4 heteroatoms. The summed E-state index contributed by atoms with van der Waals surface area (Å²) in [5, 5.41) is 14.0. The minimum absolute atomic E-state index is 0.203. The van der Waals surface area contributed by atoms with Gasteiger partial charge in [-0.3, -0.25) is 0 Å². The van der Waals surface area contributed by atoms with Crippen LogP contribution < -0.4 is 5.32 Å². The van der Waals surface area contributed by atoms with Crippen molar-refractivity contribution in [2.75, 3.05) is 5.32 Å². The molecule has 0 saturated carbocycles. The lowest BCUT2D eigenvalue weighted by Crippen LogP contribution is -2.07. The molecule has 19 heavy (non-hydrogen) atoms. The molecule has 98 valence electrons. The number of hydrogen-bond donors (Lipinski definition) is 2. The van der Waals surface area contributed by atoms with E-state index in [2.05, 4.69) is 27.3 Å². The molecule has 1 unspecified atom stereocenters. The standard InChI is InChI=1S/C15H13BrClNO/c16-9-4-6-12(17)14(8-9)18-13-7-5-11-10(13)2-1-3-15(11)19/h1-4,6,8,13,18-19H,5,7H2. The highest BCUT2D eigenvalue weighted by Crippen LogP contribution is 2.39. The molecular formula is C15H13BrClNO. The molecular weight excluding hydrogens is 326 g/mol. The van der Waals surface area contributed by atoms with Crippen molar-refractivity contribution in [1.82, 2.24) is 0 Å². The normalized spacial score (nSPS) is 17.3. The fourth-order valence-electron chi connectivity index (χ4n) is 2.58. The minimum Gasteiger partial charge on any atom is -0.508 e. The fraction of sp³-hybridized carbons (Fsp3) is 0.200. The smallest absolute Gasteiger partial charge is 0.119 e. The van der Waals surface area contributed by atoms with Gasteiger partial charge in [0.05, 0.1) is 16.8 Å². The lowest BCUT2D eigenvalue weighted by Gasteiger charge is -2.17. The van der Waals surface area contributed by atoms with E-state index in [1.165, 1.54) is 0 Å². The number of hydrogen-bond acceptors (Lipinski definition) is 2. The topological polar surface area (TPSA) is 32.3 Å². The molecule has 2 aromatic carbocycles. The van der Waals surface area contributed by atoms with Crippen LogP contribution in [0.3, 0.4) is 0 Å². The summed E-state index contributed by atoms with van der Waals surface area (Å²) in [5.74, 6) is 0.391. The average molecular weight is 339 g/mol. The fourth-order valence-corrected chi connectivity index (χ4v) is 3.11. The van der Waals surface area contributed by atoms with Crippen LogP contribution in [0.15, 0.2) is 40.9 Å². The Morgan fingerprint density at radius 1 is 1.26 bits per heavy atom. The maximum Gasteiger partial charge on any atom is 0.119 e. The van der Waals surface area contributed by atoms with Gasteiger partial charge < -0.3 is 10.4 Å². The number of aromatic hydroxyl groups is 1. The lowest BCUT2D eigenvalue weighted by molar-refractivity contribution is 0.469. The summed E-state index contributed by atoms with van der Waals surface area (Å²) in [6.45, 7) is 0. The first kappa shape index (κ1) is 12.8. The van der Waals surface area contributed by atoms with Crippen LogP contribution in [-0.4, -0.2) is 5.11 Å². The van der Waals surface area contributed by atoms with Crippen LogP contribution in [0.2, 0.25) is 5.02 Å². The number of anilines is 1. The molecule has 0 aromatic heterocycles.